The van der Waals surface area contributed by atoms with E-state index in [0.29, 0.717) is 5.41 Å². The highest BCUT2D eigenvalue weighted by Crippen LogP contribution is 2.50. The highest BCUT2D eigenvalue weighted by molar-refractivity contribution is 7.71. The second-order valence-electron chi connectivity index (χ2n) is 4.63. The number of hydrogen-bond donors (Lipinski definition) is 1. The number of aromatic amines is 1. The predicted molar refractivity (Wildman–Crippen MR) is 63.4 cm³/mol. The van der Waals surface area contributed by atoms with Crippen molar-refractivity contribution in [3.8, 4) is 0 Å². The third-order valence-corrected chi connectivity index (χ3v) is 3.82. The van der Waals surface area contributed by atoms with Gasteiger partial charge in [-0.2, -0.15) is 5.10 Å². The van der Waals surface area contributed by atoms with Gasteiger partial charge in [-0.25, -0.2) is 0 Å². The molecule has 1 saturated carbocycles. The first kappa shape index (κ1) is 10.9. The third kappa shape index (κ3) is 2.14. The molecule has 1 aromatic rings. The van der Waals surface area contributed by atoms with Gasteiger partial charge < -0.3 is 4.57 Å². The normalized spacial score (nSPS) is 18.0. The maximum atomic E-state index is 5.28. The van der Waals surface area contributed by atoms with Crippen LogP contribution in [-0.2, 0) is 13.0 Å². The Kier molecular flexibility index (Phi) is 2.96. The van der Waals surface area contributed by atoms with Crippen LogP contribution in [0.4, 0.5) is 0 Å². The second kappa shape index (κ2) is 4.08. The third-order valence-electron chi connectivity index (χ3n) is 3.51. The quantitative estimate of drug-likeness (QED) is 0.781. The molecule has 0 spiro atoms. The molecule has 1 aliphatic carbocycles. The summed E-state index contributed by atoms with van der Waals surface area (Å²) >= 11 is 5.28. The zero-order valence-electron chi connectivity index (χ0n) is 9.55. The lowest BCUT2D eigenvalue weighted by Gasteiger charge is -2.14. The summed E-state index contributed by atoms with van der Waals surface area (Å²) in [6.45, 7) is 5.51. The van der Waals surface area contributed by atoms with Crippen LogP contribution in [-0.4, -0.2) is 14.8 Å². The predicted octanol–water partition coefficient (Wildman–Crippen LogP) is 3.08. The summed E-state index contributed by atoms with van der Waals surface area (Å²) in [4.78, 5) is 0. The number of nitrogens with one attached hydrogen (secondary N) is 1. The van der Waals surface area contributed by atoms with Gasteiger partial charge in [0, 0.05) is 13.0 Å². The van der Waals surface area contributed by atoms with Gasteiger partial charge in [-0.05, 0) is 43.3 Å². The van der Waals surface area contributed by atoms with Crippen LogP contribution in [0.2, 0.25) is 0 Å². The molecule has 4 heteroatoms. The maximum absolute atomic E-state index is 5.28. The summed E-state index contributed by atoms with van der Waals surface area (Å²) in [6.07, 6.45) is 6.10. The molecule has 0 radical (unpaired) electrons. The van der Waals surface area contributed by atoms with Crippen molar-refractivity contribution in [3.63, 3.8) is 0 Å². The molecule has 15 heavy (non-hydrogen) atoms. The van der Waals surface area contributed by atoms with Crippen LogP contribution in [0.3, 0.4) is 0 Å². The van der Waals surface area contributed by atoms with Gasteiger partial charge in [-0.1, -0.05) is 13.8 Å². The molecular formula is C11H19N3S. The van der Waals surface area contributed by atoms with Crippen LogP contribution in [0.15, 0.2) is 0 Å². The standard InChI is InChI=1S/C11H19N3S/c1-3-5-9-12-13-10(15)14(9)8-11(4-2)6-7-11/h3-8H2,1-2H3,(H,13,15). The summed E-state index contributed by atoms with van der Waals surface area (Å²) in [5.41, 5.74) is 0.532. The Balaban J connectivity index is 2.19. The van der Waals surface area contributed by atoms with Gasteiger partial charge in [0.15, 0.2) is 4.77 Å². The van der Waals surface area contributed by atoms with Crippen LogP contribution in [0.1, 0.15) is 45.4 Å². The molecule has 0 aromatic carbocycles. The van der Waals surface area contributed by atoms with Crippen molar-refractivity contribution >= 4 is 12.2 Å². The lowest BCUT2D eigenvalue weighted by Crippen LogP contribution is -2.13. The summed E-state index contributed by atoms with van der Waals surface area (Å²) in [7, 11) is 0. The zero-order chi connectivity index (χ0) is 10.9. The molecule has 1 aliphatic rings. The Morgan fingerprint density at radius 1 is 1.47 bits per heavy atom. The average Bonchev–Trinajstić information content (AvgIpc) is 2.94. The van der Waals surface area contributed by atoms with E-state index in [1.807, 2.05) is 0 Å². The summed E-state index contributed by atoms with van der Waals surface area (Å²) in [6, 6.07) is 0. The zero-order valence-corrected chi connectivity index (χ0v) is 10.4. The van der Waals surface area contributed by atoms with Crippen molar-refractivity contribution in [2.75, 3.05) is 0 Å². The molecule has 0 bridgehead atoms. The topological polar surface area (TPSA) is 33.6 Å². The van der Waals surface area contributed by atoms with Crippen molar-refractivity contribution in [2.24, 2.45) is 5.41 Å². The molecule has 1 aromatic heterocycles. The fourth-order valence-corrected chi connectivity index (χ4v) is 2.28. The number of H-pyrrole nitrogens is 1. The van der Waals surface area contributed by atoms with Gasteiger partial charge >= 0.3 is 0 Å². The Morgan fingerprint density at radius 2 is 2.20 bits per heavy atom. The van der Waals surface area contributed by atoms with E-state index in [1.165, 1.54) is 19.3 Å². The van der Waals surface area contributed by atoms with Gasteiger partial charge in [-0.3, -0.25) is 5.10 Å². The van der Waals surface area contributed by atoms with Crippen LogP contribution in [0.25, 0.3) is 0 Å². The van der Waals surface area contributed by atoms with Crippen LogP contribution < -0.4 is 0 Å². The summed E-state index contributed by atoms with van der Waals surface area (Å²) in [5, 5.41) is 7.21. The van der Waals surface area contributed by atoms with Crippen molar-refractivity contribution in [1.82, 2.24) is 14.8 Å². The number of aromatic nitrogens is 3. The number of aryl methyl sites for hydroxylation is 1. The van der Waals surface area contributed by atoms with Crippen molar-refractivity contribution in [2.45, 2.75) is 52.5 Å². The molecule has 0 unspecified atom stereocenters. The number of hydrogen-bond acceptors (Lipinski definition) is 2. The average molecular weight is 225 g/mol. The lowest BCUT2D eigenvalue weighted by molar-refractivity contribution is 0.398. The fraction of sp³-hybridized carbons (Fsp3) is 0.818. The minimum atomic E-state index is 0.532. The molecular weight excluding hydrogens is 206 g/mol. The Bertz CT molecular complexity index is 387. The molecule has 1 N–H and O–H groups in total. The minimum Gasteiger partial charge on any atom is -0.304 e. The largest absolute Gasteiger partial charge is 0.304 e. The fourth-order valence-electron chi connectivity index (χ4n) is 2.06. The van der Waals surface area contributed by atoms with Gasteiger partial charge in [0.25, 0.3) is 0 Å². The molecule has 0 amide bonds. The van der Waals surface area contributed by atoms with Crippen molar-refractivity contribution < 1.29 is 0 Å². The van der Waals surface area contributed by atoms with Crippen molar-refractivity contribution in [3.05, 3.63) is 10.6 Å². The SMILES string of the molecule is CCCc1n[nH]c(=S)n1CC1(CC)CC1. The van der Waals surface area contributed by atoms with Gasteiger partial charge in [-0.15, -0.1) is 0 Å². The Morgan fingerprint density at radius 3 is 2.73 bits per heavy atom. The summed E-state index contributed by atoms with van der Waals surface area (Å²) < 4.78 is 2.99. The summed E-state index contributed by atoms with van der Waals surface area (Å²) in [5.74, 6) is 1.13. The van der Waals surface area contributed by atoms with Gasteiger partial charge in [0.1, 0.15) is 5.82 Å². The Hall–Kier alpha value is -0.640. The van der Waals surface area contributed by atoms with E-state index in [2.05, 4.69) is 28.6 Å². The van der Waals surface area contributed by atoms with Gasteiger partial charge in [0.05, 0.1) is 0 Å². The second-order valence-corrected chi connectivity index (χ2v) is 5.02. The van der Waals surface area contributed by atoms with Crippen LogP contribution in [0.5, 0.6) is 0 Å². The molecule has 0 aliphatic heterocycles. The maximum Gasteiger partial charge on any atom is 0.195 e. The highest BCUT2D eigenvalue weighted by atomic mass is 32.1. The van der Waals surface area contributed by atoms with Crippen LogP contribution >= 0.6 is 12.2 Å². The molecule has 3 nitrogen and oxygen atoms in total. The molecule has 2 rings (SSSR count). The number of rotatable bonds is 5. The van der Waals surface area contributed by atoms with E-state index in [4.69, 9.17) is 12.2 Å². The monoisotopic (exact) mass is 225 g/mol. The first-order chi connectivity index (χ1) is 7.21. The van der Waals surface area contributed by atoms with E-state index in [-0.39, 0.29) is 0 Å². The first-order valence-electron chi connectivity index (χ1n) is 5.85. The molecule has 84 valence electrons. The molecule has 1 heterocycles. The lowest BCUT2D eigenvalue weighted by atomic mass is 10.0. The van der Waals surface area contributed by atoms with E-state index in [0.717, 1.165) is 30.0 Å². The minimum absolute atomic E-state index is 0.532. The number of nitrogens with zero attached hydrogens (tertiary/aromatic N) is 2. The Labute approximate surface area is 95.9 Å². The highest BCUT2D eigenvalue weighted by Gasteiger charge is 2.41. The smallest absolute Gasteiger partial charge is 0.195 e. The van der Waals surface area contributed by atoms with Gasteiger partial charge in [0.2, 0.25) is 0 Å². The van der Waals surface area contributed by atoms with E-state index in [1.54, 1.807) is 0 Å². The van der Waals surface area contributed by atoms with Crippen LogP contribution in [0, 0.1) is 10.2 Å². The molecule has 0 atom stereocenters. The molecule has 1 fully saturated rings. The van der Waals surface area contributed by atoms with E-state index >= 15 is 0 Å². The van der Waals surface area contributed by atoms with E-state index < -0.39 is 0 Å². The van der Waals surface area contributed by atoms with E-state index in [9.17, 15) is 0 Å². The molecule has 0 saturated heterocycles. The first-order valence-corrected chi connectivity index (χ1v) is 6.26. The van der Waals surface area contributed by atoms with Crippen molar-refractivity contribution in [1.29, 1.82) is 0 Å².